The monoisotopic (exact) mass is 288 g/mol. The second-order valence-electron chi connectivity index (χ2n) is 5.41. The summed E-state index contributed by atoms with van der Waals surface area (Å²) in [5.74, 6) is -0.552. The van der Waals surface area contributed by atoms with E-state index in [2.05, 4.69) is 5.32 Å². The molecule has 0 radical (unpaired) electrons. The van der Waals surface area contributed by atoms with Gasteiger partial charge in [0, 0.05) is 6.54 Å². The first-order valence-electron chi connectivity index (χ1n) is 7.39. The zero-order chi connectivity index (χ0) is 15.0. The van der Waals surface area contributed by atoms with Gasteiger partial charge in [-0.3, -0.25) is 14.3 Å². The highest BCUT2D eigenvalue weighted by Gasteiger charge is 2.24. The lowest BCUT2D eigenvalue weighted by Gasteiger charge is -2.25. The van der Waals surface area contributed by atoms with Crippen LogP contribution in [0.25, 0.3) is 10.9 Å². The highest BCUT2D eigenvalue weighted by atomic mass is 16.1. The zero-order valence-electron chi connectivity index (χ0n) is 12.1. The van der Waals surface area contributed by atoms with Crippen molar-refractivity contribution in [2.24, 2.45) is 5.73 Å². The number of rotatable bonds is 3. The molecule has 21 heavy (non-hydrogen) atoms. The molecular formula is C15H20N4O2. The van der Waals surface area contributed by atoms with Gasteiger partial charge in [0.05, 0.1) is 22.5 Å². The van der Waals surface area contributed by atoms with Crippen LogP contribution in [-0.2, 0) is 6.54 Å². The van der Waals surface area contributed by atoms with Gasteiger partial charge in [-0.25, -0.2) is 4.68 Å². The third-order valence-corrected chi connectivity index (χ3v) is 4.22. The van der Waals surface area contributed by atoms with Gasteiger partial charge in [-0.1, -0.05) is 6.07 Å². The number of carbonyl (C=O) groups is 1. The van der Waals surface area contributed by atoms with Gasteiger partial charge in [-0.2, -0.15) is 0 Å². The fourth-order valence-electron chi connectivity index (χ4n) is 3.26. The van der Waals surface area contributed by atoms with E-state index in [-0.39, 0.29) is 11.6 Å². The van der Waals surface area contributed by atoms with Crippen LogP contribution in [0.4, 0.5) is 0 Å². The number of carbonyl (C=O) groups excluding carboxylic acids is 1. The molecule has 1 fully saturated rings. The van der Waals surface area contributed by atoms with Crippen LogP contribution >= 0.6 is 0 Å². The summed E-state index contributed by atoms with van der Waals surface area (Å²) in [7, 11) is 0. The van der Waals surface area contributed by atoms with Crippen LogP contribution < -0.4 is 16.6 Å². The van der Waals surface area contributed by atoms with Crippen molar-refractivity contribution in [1.29, 1.82) is 0 Å². The molecule has 112 valence electrons. The first kappa shape index (κ1) is 13.9. The lowest BCUT2D eigenvalue weighted by Crippen LogP contribution is -2.36. The van der Waals surface area contributed by atoms with Crippen LogP contribution in [0.3, 0.4) is 0 Å². The van der Waals surface area contributed by atoms with Gasteiger partial charge in [-0.05, 0) is 45.0 Å². The Labute approximate surface area is 122 Å². The van der Waals surface area contributed by atoms with Crippen molar-refractivity contribution in [2.45, 2.75) is 32.4 Å². The van der Waals surface area contributed by atoms with Gasteiger partial charge in [0.25, 0.3) is 5.56 Å². The molecule has 2 heterocycles. The molecule has 6 nitrogen and oxygen atoms in total. The molecule has 1 aromatic heterocycles. The van der Waals surface area contributed by atoms with Gasteiger partial charge in [0.15, 0.2) is 0 Å². The molecule has 0 bridgehead atoms. The summed E-state index contributed by atoms with van der Waals surface area (Å²) in [6, 6.07) is 5.45. The standard InChI is InChI=1S/C15H20N4O2/c1-2-18-12-5-3-4-11(14(16)20)13(12)15(21)19(18)10-6-8-17-9-7-10/h3-5,10,17H,2,6-9H2,1H3,(H2,16,20). The van der Waals surface area contributed by atoms with E-state index in [0.717, 1.165) is 31.4 Å². The zero-order valence-corrected chi connectivity index (χ0v) is 12.1. The van der Waals surface area contributed by atoms with E-state index in [1.807, 2.05) is 22.4 Å². The largest absolute Gasteiger partial charge is 0.366 e. The number of nitrogens with one attached hydrogen (secondary N) is 1. The number of aromatic nitrogens is 2. The van der Waals surface area contributed by atoms with Crippen molar-refractivity contribution in [1.82, 2.24) is 14.7 Å². The number of primary amides is 1. The van der Waals surface area contributed by atoms with Crippen molar-refractivity contribution in [3.63, 3.8) is 0 Å². The Morgan fingerprint density at radius 1 is 1.38 bits per heavy atom. The van der Waals surface area contributed by atoms with Gasteiger partial charge in [0.2, 0.25) is 5.91 Å². The highest BCUT2D eigenvalue weighted by Crippen LogP contribution is 2.22. The summed E-state index contributed by atoms with van der Waals surface area (Å²) < 4.78 is 3.79. The van der Waals surface area contributed by atoms with Gasteiger partial charge >= 0.3 is 0 Å². The number of hydrogen-bond acceptors (Lipinski definition) is 3. The van der Waals surface area contributed by atoms with Crippen molar-refractivity contribution < 1.29 is 4.79 Å². The third kappa shape index (κ3) is 2.15. The van der Waals surface area contributed by atoms with E-state index in [4.69, 9.17) is 5.73 Å². The van der Waals surface area contributed by atoms with Crippen molar-refractivity contribution >= 4 is 16.8 Å². The molecule has 1 saturated heterocycles. The summed E-state index contributed by atoms with van der Waals surface area (Å²) in [4.78, 5) is 24.5. The minimum Gasteiger partial charge on any atom is -0.366 e. The average molecular weight is 288 g/mol. The SMILES string of the molecule is CCn1c2cccc(C(N)=O)c2c(=O)n1C1CCNCC1. The molecule has 0 aliphatic carbocycles. The van der Waals surface area contributed by atoms with E-state index >= 15 is 0 Å². The van der Waals surface area contributed by atoms with E-state index in [9.17, 15) is 9.59 Å². The Kier molecular flexibility index (Phi) is 3.55. The summed E-state index contributed by atoms with van der Waals surface area (Å²) in [5, 5.41) is 3.76. The van der Waals surface area contributed by atoms with Gasteiger partial charge < -0.3 is 11.1 Å². The Hall–Kier alpha value is -2.08. The van der Waals surface area contributed by atoms with Crippen LogP contribution in [0.1, 0.15) is 36.2 Å². The Morgan fingerprint density at radius 3 is 2.71 bits per heavy atom. The maximum absolute atomic E-state index is 12.8. The van der Waals surface area contributed by atoms with E-state index in [1.165, 1.54) is 0 Å². The first-order chi connectivity index (χ1) is 10.1. The fraction of sp³-hybridized carbons (Fsp3) is 0.467. The molecule has 6 heteroatoms. The summed E-state index contributed by atoms with van der Waals surface area (Å²) in [6.45, 7) is 4.51. The highest BCUT2D eigenvalue weighted by molar-refractivity contribution is 6.05. The maximum atomic E-state index is 12.8. The van der Waals surface area contributed by atoms with Crippen molar-refractivity contribution in [3.05, 3.63) is 34.1 Å². The molecule has 0 atom stereocenters. The predicted octanol–water partition coefficient (Wildman–Crippen LogP) is 0.846. The number of piperidine rings is 1. The molecular weight excluding hydrogens is 268 g/mol. The fourth-order valence-corrected chi connectivity index (χ4v) is 3.26. The smallest absolute Gasteiger partial charge is 0.275 e. The maximum Gasteiger partial charge on any atom is 0.275 e. The normalized spacial score (nSPS) is 16.4. The molecule has 3 rings (SSSR count). The van der Waals surface area contributed by atoms with Crippen LogP contribution in [0.2, 0.25) is 0 Å². The predicted molar refractivity (Wildman–Crippen MR) is 81.5 cm³/mol. The number of benzene rings is 1. The van der Waals surface area contributed by atoms with E-state index in [1.54, 1.807) is 12.1 Å². The Bertz CT molecular complexity index is 738. The molecule has 1 amide bonds. The number of hydrogen-bond donors (Lipinski definition) is 2. The van der Waals surface area contributed by atoms with E-state index < -0.39 is 5.91 Å². The molecule has 0 spiro atoms. The molecule has 1 aliphatic heterocycles. The molecule has 1 aromatic carbocycles. The average Bonchev–Trinajstić information content (AvgIpc) is 2.80. The van der Waals surface area contributed by atoms with Gasteiger partial charge in [-0.15, -0.1) is 0 Å². The van der Waals surface area contributed by atoms with Crippen LogP contribution in [-0.4, -0.2) is 28.4 Å². The van der Waals surface area contributed by atoms with Crippen molar-refractivity contribution in [2.75, 3.05) is 13.1 Å². The van der Waals surface area contributed by atoms with Crippen molar-refractivity contribution in [3.8, 4) is 0 Å². The van der Waals surface area contributed by atoms with E-state index in [0.29, 0.717) is 17.5 Å². The number of amides is 1. The lowest BCUT2D eigenvalue weighted by atomic mass is 10.1. The molecule has 2 aromatic rings. The minimum absolute atomic E-state index is 0.104. The molecule has 0 saturated carbocycles. The molecule has 1 aliphatic rings. The lowest BCUT2D eigenvalue weighted by molar-refractivity contribution is 0.100. The number of fused-ring (bicyclic) bond motifs is 1. The summed E-state index contributed by atoms with van der Waals surface area (Å²) >= 11 is 0. The third-order valence-electron chi connectivity index (χ3n) is 4.22. The van der Waals surface area contributed by atoms with Gasteiger partial charge in [0.1, 0.15) is 0 Å². The first-order valence-corrected chi connectivity index (χ1v) is 7.39. The topological polar surface area (TPSA) is 82.1 Å². The minimum atomic E-state index is -0.552. The van der Waals surface area contributed by atoms with Crippen LogP contribution in [0, 0.1) is 0 Å². The number of nitrogens with two attached hydrogens (primary N) is 1. The van der Waals surface area contributed by atoms with Crippen LogP contribution in [0.5, 0.6) is 0 Å². The van der Waals surface area contributed by atoms with Crippen LogP contribution in [0.15, 0.2) is 23.0 Å². The number of aryl methyl sites for hydroxylation is 1. The Balaban J connectivity index is 2.29. The second kappa shape index (κ2) is 5.37. The Morgan fingerprint density at radius 2 is 2.10 bits per heavy atom. The molecule has 0 unspecified atom stereocenters. The molecule has 3 N–H and O–H groups in total. The second-order valence-corrected chi connectivity index (χ2v) is 5.41. The summed E-state index contributed by atoms with van der Waals surface area (Å²) in [6.07, 6.45) is 1.84. The summed E-state index contributed by atoms with van der Waals surface area (Å²) in [5.41, 5.74) is 6.42. The number of nitrogens with zero attached hydrogens (tertiary/aromatic N) is 2. The quantitative estimate of drug-likeness (QED) is 0.878.